The van der Waals surface area contributed by atoms with Crippen molar-refractivity contribution in [3.05, 3.63) is 36.0 Å². The maximum Gasteiger partial charge on any atom is 0.392 e. The van der Waals surface area contributed by atoms with Gasteiger partial charge >= 0.3 is 6.18 Å². The highest BCUT2D eigenvalue weighted by Gasteiger charge is 2.27. The zero-order chi connectivity index (χ0) is 15.3. The number of alkyl halides is 3. The van der Waals surface area contributed by atoms with Crippen molar-refractivity contribution >= 4 is 10.8 Å². The number of ether oxygens (including phenoxy) is 1. The summed E-state index contributed by atoms with van der Waals surface area (Å²) in [7, 11) is 0. The second-order valence-corrected chi connectivity index (χ2v) is 4.63. The van der Waals surface area contributed by atoms with Gasteiger partial charge in [0, 0.05) is 18.1 Å². The van der Waals surface area contributed by atoms with Gasteiger partial charge in [0.2, 0.25) is 5.88 Å². The Labute approximate surface area is 121 Å². The Hall–Kier alpha value is -1.82. The van der Waals surface area contributed by atoms with E-state index in [1.165, 1.54) is 0 Å². The minimum absolute atomic E-state index is 0.245. The van der Waals surface area contributed by atoms with Crippen LogP contribution in [0.2, 0.25) is 0 Å². The van der Waals surface area contributed by atoms with Crippen LogP contribution < -0.4 is 10.1 Å². The third kappa shape index (κ3) is 4.32. The summed E-state index contributed by atoms with van der Waals surface area (Å²) >= 11 is 0. The highest BCUT2D eigenvalue weighted by Crippen LogP contribution is 2.27. The largest absolute Gasteiger partial charge is 0.477 e. The van der Waals surface area contributed by atoms with Crippen LogP contribution in [0.25, 0.3) is 10.8 Å². The van der Waals surface area contributed by atoms with Crippen LogP contribution in [0.1, 0.15) is 18.9 Å². The van der Waals surface area contributed by atoms with E-state index in [1.807, 2.05) is 25.1 Å². The molecule has 2 aromatic rings. The molecule has 1 aromatic carbocycles. The highest BCUT2D eigenvalue weighted by atomic mass is 19.4. The molecule has 0 saturated heterocycles. The Bertz CT molecular complexity index is 599. The van der Waals surface area contributed by atoms with Gasteiger partial charge in [-0.05, 0) is 23.6 Å². The number of pyridine rings is 1. The van der Waals surface area contributed by atoms with Gasteiger partial charge in [0.05, 0.1) is 13.0 Å². The maximum atomic E-state index is 12.2. The number of nitrogens with zero attached hydrogens (tertiary/aromatic N) is 1. The summed E-state index contributed by atoms with van der Waals surface area (Å²) in [4.78, 5) is 4.15. The molecule has 0 bridgehead atoms. The molecule has 1 heterocycles. The van der Waals surface area contributed by atoms with Gasteiger partial charge in [-0.3, -0.25) is 0 Å². The van der Waals surface area contributed by atoms with Gasteiger partial charge in [-0.15, -0.1) is 0 Å². The molecule has 6 heteroatoms. The van der Waals surface area contributed by atoms with E-state index < -0.39 is 19.2 Å². The normalized spacial score (nSPS) is 11.8. The van der Waals surface area contributed by atoms with Gasteiger partial charge in [-0.25, -0.2) is 4.98 Å². The van der Waals surface area contributed by atoms with E-state index in [2.05, 4.69) is 10.3 Å². The fourth-order valence-electron chi connectivity index (χ4n) is 2.00. The number of aromatic nitrogens is 1. The van der Waals surface area contributed by atoms with Crippen molar-refractivity contribution in [3.63, 3.8) is 0 Å². The zero-order valence-electron chi connectivity index (χ0n) is 11.7. The van der Waals surface area contributed by atoms with E-state index in [4.69, 9.17) is 4.74 Å². The van der Waals surface area contributed by atoms with Crippen LogP contribution in [0, 0.1) is 0 Å². The fraction of sp³-hybridized carbons (Fsp3) is 0.400. The summed E-state index contributed by atoms with van der Waals surface area (Å²) < 4.78 is 41.7. The molecule has 0 unspecified atom stereocenters. The molecule has 0 radical (unpaired) electrons. The predicted molar refractivity (Wildman–Crippen MR) is 75.3 cm³/mol. The molecule has 2 rings (SSSR count). The first-order chi connectivity index (χ1) is 10.0. The Morgan fingerprint density at radius 1 is 1.19 bits per heavy atom. The zero-order valence-corrected chi connectivity index (χ0v) is 11.7. The van der Waals surface area contributed by atoms with Crippen molar-refractivity contribution in [2.24, 2.45) is 0 Å². The van der Waals surface area contributed by atoms with Gasteiger partial charge < -0.3 is 10.1 Å². The monoisotopic (exact) mass is 298 g/mol. The quantitative estimate of drug-likeness (QED) is 0.883. The van der Waals surface area contributed by atoms with E-state index in [-0.39, 0.29) is 5.88 Å². The Morgan fingerprint density at radius 2 is 1.90 bits per heavy atom. The van der Waals surface area contributed by atoms with Crippen LogP contribution in [-0.2, 0) is 6.54 Å². The molecule has 1 N–H and O–H groups in total. The lowest BCUT2D eigenvalue weighted by molar-refractivity contribution is -0.139. The third-order valence-electron chi connectivity index (χ3n) is 3.03. The van der Waals surface area contributed by atoms with Crippen molar-refractivity contribution in [1.82, 2.24) is 10.3 Å². The maximum absolute atomic E-state index is 12.2. The van der Waals surface area contributed by atoms with Crippen molar-refractivity contribution in [2.75, 3.05) is 13.2 Å². The molecular weight excluding hydrogens is 281 g/mol. The third-order valence-corrected chi connectivity index (χ3v) is 3.03. The Morgan fingerprint density at radius 3 is 2.57 bits per heavy atom. The molecular formula is C15H17F3N2O. The number of benzene rings is 1. The molecule has 0 fully saturated rings. The molecule has 0 atom stereocenters. The van der Waals surface area contributed by atoms with Crippen molar-refractivity contribution in [2.45, 2.75) is 26.1 Å². The number of hydrogen-bond acceptors (Lipinski definition) is 3. The highest BCUT2D eigenvalue weighted by molar-refractivity contribution is 5.89. The Kier molecular flexibility index (Phi) is 5.01. The standard InChI is InChI=1S/C15H17F3N2O/c1-2-19-9-11-10-20-14(21-8-7-15(16,17)18)13-6-4-3-5-12(11)13/h3-6,10,19H,2,7-9H2,1H3. The molecule has 21 heavy (non-hydrogen) atoms. The summed E-state index contributed by atoms with van der Waals surface area (Å²) in [6.45, 7) is 3.07. The second kappa shape index (κ2) is 6.76. The lowest BCUT2D eigenvalue weighted by Crippen LogP contribution is -2.14. The average Bonchev–Trinajstić information content (AvgIpc) is 2.45. The van der Waals surface area contributed by atoms with Gasteiger partial charge in [0.1, 0.15) is 0 Å². The van der Waals surface area contributed by atoms with E-state index >= 15 is 0 Å². The summed E-state index contributed by atoms with van der Waals surface area (Å²) in [6.07, 6.45) is -3.56. The molecule has 0 aliphatic rings. The van der Waals surface area contributed by atoms with Crippen molar-refractivity contribution < 1.29 is 17.9 Å². The van der Waals surface area contributed by atoms with Crippen LogP contribution in [-0.4, -0.2) is 24.3 Å². The fourth-order valence-corrected chi connectivity index (χ4v) is 2.00. The van der Waals surface area contributed by atoms with Crippen molar-refractivity contribution in [3.8, 4) is 5.88 Å². The number of rotatable bonds is 6. The lowest BCUT2D eigenvalue weighted by atomic mass is 10.1. The number of fused-ring (bicyclic) bond motifs is 1. The van der Waals surface area contributed by atoms with Crippen molar-refractivity contribution in [1.29, 1.82) is 0 Å². The average molecular weight is 298 g/mol. The van der Waals surface area contributed by atoms with Gasteiger partial charge in [0.25, 0.3) is 0 Å². The summed E-state index contributed by atoms with van der Waals surface area (Å²) in [5.41, 5.74) is 0.996. The summed E-state index contributed by atoms with van der Waals surface area (Å²) in [5, 5.41) is 4.88. The number of hydrogen-bond donors (Lipinski definition) is 1. The minimum Gasteiger partial charge on any atom is -0.477 e. The molecule has 3 nitrogen and oxygen atoms in total. The second-order valence-electron chi connectivity index (χ2n) is 4.63. The van der Waals surface area contributed by atoms with Crippen LogP contribution in [0.15, 0.2) is 30.5 Å². The van der Waals surface area contributed by atoms with E-state index in [1.54, 1.807) is 12.3 Å². The first-order valence-electron chi connectivity index (χ1n) is 6.78. The molecule has 0 spiro atoms. The molecule has 1 aromatic heterocycles. The molecule has 0 amide bonds. The first kappa shape index (κ1) is 15.6. The van der Waals surface area contributed by atoms with Gasteiger partial charge in [-0.1, -0.05) is 25.1 Å². The van der Waals surface area contributed by atoms with Gasteiger partial charge in [-0.2, -0.15) is 13.2 Å². The van der Waals surface area contributed by atoms with Gasteiger partial charge in [0.15, 0.2) is 0 Å². The van der Waals surface area contributed by atoms with E-state index in [0.29, 0.717) is 6.54 Å². The topological polar surface area (TPSA) is 34.2 Å². The summed E-state index contributed by atoms with van der Waals surface area (Å²) in [5.74, 6) is 0.245. The predicted octanol–water partition coefficient (Wildman–Crippen LogP) is 3.68. The van der Waals surface area contributed by atoms with E-state index in [0.717, 1.165) is 22.9 Å². The van der Waals surface area contributed by atoms with Crippen LogP contribution in [0.3, 0.4) is 0 Å². The smallest absolute Gasteiger partial charge is 0.392 e. The van der Waals surface area contributed by atoms with E-state index in [9.17, 15) is 13.2 Å². The lowest BCUT2D eigenvalue weighted by Gasteiger charge is -2.12. The first-order valence-corrected chi connectivity index (χ1v) is 6.78. The van der Waals surface area contributed by atoms with Crippen LogP contribution >= 0.6 is 0 Å². The van der Waals surface area contributed by atoms with Crippen LogP contribution in [0.4, 0.5) is 13.2 Å². The molecule has 0 aliphatic carbocycles. The summed E-state index contributed by atoms with van der Waals surface area (Å²) in [6, 6.07) is 7.43. The molecule has 114 valence electrons. The SMILES string of the molecule is CCNCc1cnc(OCCC(F)(F)F)c2ccccc12. The molecule has 0 aliphatic heterocycles. The molecule has 0 saturated carbocycles. The number of halogens is 3. The number of nitrogens with one attached hydrogen (secondary N) is 1. The van der Waals surface area contributed by atoms with Crippen LogP contribution in [0.5, 0.6) is 5.88 Å². The Balaban J connectivity index is 2.21. The minimum atomic E-state index is -4.22.